The summed E-state index contributed by atoms with van der Waals surface area (Å²) in [4.78, 5) is 0. The molecule has 0 saturated heterocycles. The van der Waals surface area contributed by atoms with Gasteiger partial charge < -0.3 is 4.74 Å². The first-order valence-corrected chi connectivity index (χ1v) is 4.65. The number of benzene rings is 2. The van der Waals surface area contributed by atoms with E-state index in [4.69, 9.17) is 4.74 Å². The molecular weight excluding hydrogens is 191 g/mol. The zero-order chi connectivity index (χ0) is 10.8. The summed E-state index contributed by atoms with van der Waals surface area (Å²) >= 11 is 0. The lowest BCUT2D eigenvalue weighted by atomic mass is 10.1. The van der Waals surface area contributed by atoms with E-state index in [0.29, 0.717) is 5.39 Å². The Morgan fingerprint density at radius 2 is 2.07 bits per heavy atom. The third-order valence-electron chi connectivity index (χ3n) is 2.40. The fourth-order valence-corrected chi connectivity index (χ4v) is 1.57. The van der Waals surface area contributed by atoms with Gasteiger partial charge in [0.2, 0.25) is 0 Å². The van der Waals surface area contributed by atoms with Gasteiger partial charge in [-0.25, -0.2) is 4.39 Å². The Morgan fingerprint density at radius 1 is 1.27 bits per heavy atom. The summed E-state index contributed by atoms with van der Waals surface area (Å²) in [5.74, 6) is -0.0422. The monoisotopic (exact) mass is 202 g/mol. The van der Waals surface area contributed by atoms with E-state index in [1.165, 1.54) is 7.11 Å². The van der Waals surface area contributed by atoms with Crippen molar-refractivity contribution in [2.75, 3.05) is 7.11 Å². The normalized spacial score (nSPS) is 10.3. The molecule has 0 N–H and O–H groups in total. The van der Waals surface area contributed by atoms with Crippen molar-refractivity contribution >= 4 is 16.8 Å². The second-order valence-corrected chi connectivity index (χ2v) is 3.27. The van der Waals surface area contributed by atoms with Gasteiger partial charge in [0.25, 0.3) is 0 Å². The molecule has 0 fully saturated rings. The molecule has 0 heterocycles. The van der Waals surface area contributed by atoms with Crippen LogP contribution in [0.5, 0.6) is 5.75 Å². The van der Waals surface area contributed by atoms with E-state index < -0.39 is 0 Å². The average Bonchev–Trinajstić information content (AvgIpc) is 2.29. The Hall–Kier alpha value is -1.83. The summed E-state index contributed by atoms with van der Waals surface area (Å²) in [6.45, 7) is 3.68. The number of halogens is 1. The van der Waals surface area contributed by atoms with E-state index in [2.05, 4.69) is 6.58 Å². The number of hydrogen-bond donors (Lipinski definition) is 0. The molecule has 0 aliphatic heterocycles. The lowest BCUT2D eigenvalue weighted by Crippen LogP contribution is -1.89. The molecule has 0 atom stereocenters. The Labute approximate surface area is 87.8 Å². The molecule has 0 spiro atoms. The van der Waals surface area contributed by atoms with Crippen molar-refractivity contribution in [3.8, 4) is 5.75 Å². The van der Waals surface area contributed by atoms with E-state index in [9.17, 15) is 4.39 Å². The number of methoxy groups -OCH3 is 1. The van der Waals surface area contributed by atoms with Crippen LogP contribution in [0, 0.1) is 5.82 Å². The van der Waals surface area contributed by atoms with Crippen LogP contribution in [-0.2, 0) is 0 Å². The summed E-state index contributed by atoms with van der Waals surface area (Å²) in [6.07, 6.45) is 1.74. The molecular formula is C13H11FO. The number of hydrogen-bond acceptors (Lipinski definition) is 1. The molecule has 15 heavy (non-hydrogen) atoms. The van der Waals surface area contributed by atoms with Gasteiger partial charge in [0.15, 0.2) is 11.6 Å². The van der Waals surface area contributed by atoms with Gasteiger partial charge in [-0.1, -0.05) is 30.9 Å². The minimum absolute atomic E-state index is 0.272. The minimum Gasteiger partial charge on any atom is -0.494 e. The topological polar surface area (TPSA) is 9.23 Å². The van der Waals surface area contributed by atoms with Crippen LogP contribution in [0.1, 0.15) is 5.56 Å². The largest absolute Gasteiger partial charge is 0.494 e. The molecule has 0 aliphatic carbocycles. The highest BCUT2D eigenvalue weighted by Crippen LogP contribution is 2.26. The smallest absolute Gasteiger partial charge is 0.172 e. The van der Waals surface area contributed by atoms with Gasteiger partial charge in [-0.2, -0.15) is 0 Å². The Balaban J connectivity index is 2.73. The number of fused-ring (bicyclic) bond motifs is 1. The molecule has 1 nitrogen and oxygen atoms in total. The van der Waals surface area contributed by atoms with Gasteiger partial charge >= 0.3 is 0 Å². The Kier molecular flexibility index (Phi) is 2.42. The average molecular weight is 202 g/mol. The highest BCUT2D eigenvalue weighted by atomic mass is 19.1. The predicted octanol–water partition coefficient (Wildman–Crippen LogP) is 3.63. The quantitative estimate of drug-likeness (QED) is 0.722. The van der Waals surface area contributed by atoms with Crippen LogP contribution < -0.4 is 4.74 Å². The van der Waals surface area contributed by atoms with Crippen LogP contribution in [0.25, 0.3) is 16.8 Å². The number of rotatable bonds is 2. The standard InChI is InChI=1S/C13H11FO/c1-3-9-4-6-11-10(8-9)5-7-12(15-2)13(11)14/h3-8H,1H2,2H3. The Morgan fingerprint density at radius 3 is 2.73 bits per heavy atom. The first-order chi connectivity index (χ1) is 7.26. The molecule has 0 radical (unpaired) electrons. The fourth-order valence-electron chi connectivity index (χ4n) is 1.57. The zero-order valence-electron chi connectivity index (χ0n) is 8.46. The second-order valence-electron chi connectivity index (χ2n) is 3.27. The molecule has 0 saturated carbocycles. The molecule has 76 valence electrons. The van der Waals surface area contributed by atoms with Crippen molar-refractivity contribution in [1.82, 2.24) is 0 Å². The first kappa shape index (κ1) is 9.71. The van der Waals surface area contributed by atoms with Gasteiger partial charge in [0.1, 0.15) is 0 Å². The van der Waals surface area contributed by atoms with Crippen molar-refractivity contribution in [2.45, 2.75) is 0 Å². The van der Waals surface area contributed by atoms with Crippen molar-refractivity contribution in [3.05, 3.63) is 48.3 Å². The lowest BCUT2D eigenvalue weighted by Gasteiger charge is -2.05. The van der Waals surface area contributed by atoms with Crippen molar-refractivity contribution in [2.24, 2.45) is 0 Å². The van der Waals surface area contributed by atoms with Crippen LogP contribution in [0.3, 0.4) is 0 Å². The highest BCUT2D eigenvalue weighted by molar-refractivity contribution is 5.86. The van der Waals surface area contributed by atoms with Crippen molar-refractivity contribution in [3.63, 3.8) is 0 Å². The van der Waals surface area contributed by atoms with Crippen LogP contribution in [-0.4, -0.2) is 7.11 Å². The van der Waals surface area contributed by atoms with Gasteiger partial charge in [-0.05, 0) is 23.1 Å². The minimum atomic E-state index is -0.314. The predicted molar refractivity (Wildman–Crippen MR) is 60.5 cm³/mol. The molecule has 2 aromatic rings. The molecule has 0 aliphatic rings. The maximum absolute atomic E-state index is 13.8. The molecule has 0 unspecified atom stereocenters. The van der Waals surface area contributed by atoms with Crippen LogP contribution in [0.15, 0.2) is 36.9 Å². The lowest BCUT2D eigenvalue weighted by molar-refractivity contribution is 0.389. The SMILES string of the molecule is C=Cc1ccc2c(F)c(OC)ccc2c1. The van der Waals surface area contributed by atoms with Gasteiger partial charge in [-0.15, -0.1) is 0 Å². The third-order valence-corrected chi connectivity index (χ3v) is 2.40. The first-order valence-electron chi connectivity index (χ1n) is 4.65. The summed E-state index contributed by atoms with van der Waals surface area (Å²) in [7, 11) is 1.46. The van der Waals surface area contributed by atoms with E-state index in [-0.39, 0.29) is 11.6 Å². The van der Waals surface area contributed by atoms with Crippen LogP contribution >= 0.6 is 0 Å². The van der Waals surface area contributed by atoms with Gasteiger partial charge in [0, 0.05) is 5.39 Å². The summed E-state index contributed by atoms with van der Waals surface area (Å²) in [5, 5.41) is 1.42. The summed E-state index contributed by atoms with van der Waals surface area (Å²) in [5.41, 5.74) is 0.979. The molecule has 0 amide bonds. The van der Waals surface area contributed by atoms with Gasteiger partial charge in [0.05, 0.1) is 7.11 Å². The van der Waals surface area contributed by atoms with E-state index >= 15 is 0 Å². The van der Waals surface area contributed by atoms with Gasteiger partial charge in [-0.3, -0.25) is 0 Å². The second kappa shape index (κ2) is 3.73. The van der Waals surface area contributed by atoms with E-state index in [1.54, 1.807) is 18.2 Å². The van der Waals surface area contributed by atoms with Crippen LogP contribution in [0.4, 0.5) is 4.39 Å². The molecule has 0 bridgehead atoms. The Bertz CT molecular complexity index is 517. The fraction of sp³-hybridized carbons (Fsp3) is 0.0769. The molecule has 0 aromatic heterocycles. The van der Waals surface area contributed by atoms with Crippen molar-refractivity contribution < 1.29 is 9.13 Å². The number of ether oxygens (including phenoxy) is 1. The van der Waals surface area contributed by atoms with Crippen molar-refractivity contribution in [1.29, 1.82) is 0 Å². The van der Waals surface area contributed by atoms with E-state index in [1.807, 2.05) is 18.2 Å². The highest BCUT2D eigenvalue weighted by Gasteiger charge is 2.06. The maximum Gasteiger partial charge on any atom is 0.172 e. The molecule has 2 rings (SSSR count). The molecule has 2 heteroatoms. The van der Waals surface area contributed by atoms with E-state index in [0.717, 1.165) is 10.9 Å². The maximum atomic E-state index is 13.8. The third kappa shape index (κ3) is 1.59. The molecule has 2 aromatic carbocycles. The van der Waals surface area contributed by atoms with Crippen LogP contribution in [0.2, 0.25) is 0 Å². The summed E-state index contributed by atoms with van der Waals surface area (Å²) < 4.78 is 18.7. The zero-order valence-corrected chi connectivity index (χ0v) is 8.46. The summed E-state index contributed by atoms with van der Waals surface area (Å²) in [6, 6.07) is 8.93.